The average molecular weight is 310 g/mol. The minimum Gasteiger partial charge on any atom is -0.377 e. The number of aryl methyl sites for hydroxylation is 1. The molecule has 1 aromatic rings. The largest absolute Gasteiger partial charge is 0.377 e. The first kappa shape index (κ1) is 14.9. The fourth-order valence-electron chi connectivity index (χ4n) is 3.68. The molecule has 1 aliphatic carbocycles. The maximum absolute atomic E-state index is 12.7. The number of hydrogen-bond donors (Lipinski definition) is 2. The Hall–Kier alpha value is -1.05. The summed E-state index contributed by atoms with van der Waals surface area (Å²) in [7, 11) is 0. The molecule has 3 N–H and O–H groups in total. The molecule has 0 bridgehead atoms. The molecule has 1 aromatic heterocycles. The van der Waals surface area contributed by atoms with Gasteiger partial charge < -0.3 is 10.5 Å². The molecule has 0 radical (unpaired) electrons. The van der Waals surface area contributed by atoms with Gasteiger partial charge >= 0.3 is 0 Å². The van der Waals surface area contributed by atoms with Crippen molar-refractivity contribution < 1.29 is 9.53 Å². The summed E-state index contributed by atoms with van der Waals surface area (Å²) in [5.41, 5.74) is 5.25. The fourth-order valence-corrected chi connectivity index (χ4v) is 4.36. The Morgan fingerprint density at radius 1 is 1.52 bits per heavy atom. The molecule has 7 heteroatoms. The maximum atomic E-state index is 12.7. The summed E-state index contributed by atoms with van der Waals surface area (Å²) in [6, 6.07) is 0. The molecule has 2 fully saturated rings. The highest BCUT2D eigenvalue weighted by Crippen LogP contribution is 2.57. The second kappa shape index (κ2) is 5.00. The SMILES string of the molecule is CCc1nnc(NC(=O)C2(N)C3CCCOC3C2(C)C)s1. The van der Waals surface area contributed by atoms with Crippen LogP contribution >= 0.6 is 11.3 Å². The second-order valence-corrected chi connectivity index (χ2v) is 7.50. The molecule has 1 saturated carbocycles. The summed E-state index contributed by atoms with van der Waals surface area (Å²) >= 11 is 1.40. The van der Waals surface area contributed by atoms with Crippen molar-refractivity contribution in [2.24, 2.45) is 17.1 Å². The van der Waals surface area contributed by atoms with E-state index in [0.717, 1.165) is 30.9 Å². The van der Waals surface area contributed by atoms with Crippen LogP contribution in [0.5, 0.6) is 0 Å². The smallest absolute Gasteiger partial charge is 0.247 e. The van der Waals surface area contributed by atoms with Crippen LogP contribution in [0.15, 0.2) is 0 Å². The van der Waals surface area contributed by atoms with Gasteiger partial charge in [-0.05, 0) is 19.3 Å². The molecule has 1 amide bonds. The van der Waals surface area contributed by atoms with E-state index in [1.807, 2.05) is 20.8 Å². The lowest BCUT2D eigenvalue weighted by Gasteiger charge is -2.64. The average Bonchev–Trinajstić information content (AvgIpc) is 2.93. The number of aromatic nitrogens is 2. The first-order valence-corrected chi connectivity index (χ1v) is 8.27. The van der Waals surface area contributed by atoms with Crippen LogP contribution in [0.4, 0.5) is 5.13 Å². The molecule has 2 heterocycles. The molecule has 116 valence electrons. The van der Waals surface area contributed by atoms with E-state index in [1.54, 1.807) is 0 Å². The van der Waals surface area contributed by atoms with Gasteiger partial charge in [0.1, 0.15) is 10.5 Å². The molecular formula is C14H22N4O2S. The number of nitrogens with zero attached hydrogens (tertiary/aromatic N) is 2. The zero-order valence-electron chi connectivity index (χ0n) is 12.7. The normalized spacial score (nSPS) is 33.9. The first-order valence-electron chi connectivity index (χ1n) is 7.45. The van der Waals surface area contributed by atoms with Crippen LogP contribution in [-0.2, 0) is 16.0 Å². The van der Waals surface area contributed by atoms with E-state index >= 15 is 0 Å². The van der Waals surface area contributed by atoms with Crippen molar-refractivity contribution in [3.8, 4) is 0 Å². The number of nitrogens with two attached hydrogens (primary N) is 1. The lowest BCUT2D eigenvalue weighted by molar-refractivity contribution is -0.222. The van der Waals surface area contributed by atoms with Gasteiger partial charge in [0.25, 0.3) is 0 Å². The summed E-state index contributed by atoms with van der Waals surface area (Å²) in [6.07, 6.45) is 2.78. The van der Waals surface area contributed by atoms with Gasteiger partial charge in [0, 0.05) is 17.9 Å². The number of carbonyl (C=O) groups excluding carboxylic acids is 1. The number of nitrogens with one attached hydrogen (secondary N) is 1. The zero-order chi connectivity index (χ0) is 15.3. The second-order valence-electron chi connectivity index (χ2n) is 6.44. The first-order chi connectivity index (χ1) is 9.91. The van der Waals surface area contributed by atoms with Crippen LogP contribution in [0.3, 0.4) is 0 Å². The number of carbonyl (C=O) groups is 1. The molecule has 0 spiro atoms. The van der Waals surface area contributed by atoms with Gasteiger partial charge in [0.05, 0.1) is 6.10 Å². The highest BCUT2D eigenvalue weighted by Gasteiger charge is 2.70. The van der Waals surface area contributed by atoms with E-state index in [1.165, 1.54) is 11.3 Å². The highest BCUT2D eigenvalue weighted by atomic mass is 32.1. The molecule has 3 unspecified atom stereocenters. The van der Waals surface area contributed by atoms with E-state index in [0.29, 0.717) is 5.13 Å². The summed E-state index contributed by atoms with van der Waals surface area (Å²) in [6.45, 7) is 6.79. The molecule has 3 rings (SSSR count). The third-order valence-corrected chi connectivity index (χ3v) is 6.03. The number of anilines is 1. The van der Waals surface area contributed by atoms with E-state index in [9.17, 15) is 4.79 Å². The zero-order valence-corrected chi connectivity index (χ0v) is 13.5. The Kier molecular flexibility index (Phi) is 3.54. The molecule has 1 saturated heterocycles. The van der Waals surface area contributed by atoms with Gasteiger partial charge in [0.2, 0.25) is 11.0 Å². The summed E-state index contributed by atoms with van der Waals surface area (Å²) in [4.78, 5) is 12.7. The molecule has 3 atom stereocenters. The molecule has 2 aliphatic rings. The Labute approximate surface area is 128 Å². The van der Waals surface area contributed by atoms with Gasteiger partial charge in [-0.15, -0.1) is 10.2 Å². The summed E-state index contributed by atoms with van der Waals surface area (Å²) in [5.74, 6) is -0.0853. The van der Waals surface area contributed by atoms with Crippen molar-refractivity contribution >= 4 is 22.4 Å². The summed E-state index contributed by atoms with van der Waals surface area (Å²) < 4.78 is 5.82. The minimum atomic E-state index is -0.907. The van der Waals surface area contributed by atoms with E-state index < -0.39 is 5.54 Å². The van der Waals surface area contributed by atoms with Gasteiger partial charge in [-0.2, -0.15) is 0 Å². The lowest BCUT2D eigenvalue weighted by atomic mass is 9.46. The quantitative estimate of drug-likeness (QED) is 0.884. The number of rotatable bonds is 3. The molecule has 6 nitrogen and oxygen atoms in total. The topological polar surface area (TPSA) is 90.1 Å². The monoisotopic (exact) mass is 310 g/mol. The molecule has 21 heavy (non-hydrogen) atoms. The van der Waals surface area contributed by atoms with Crippen molar-refractivity contribution in [3.05, 3.63) is 5.01 Å². The van der Waals surface area contributed by atoms with Crippen LogP contribution in [0, 0.1) is 11.3 Å². The number of fused-ring (bicyclic) bond motifs is 1. The number of amides is 1. The van der Waals surface area contributed by atoms with E-state index in [4.69, 9.17) is 10.5 Å². The predicted octanol–water partition coefficient (Wildman–Crippen LogP) is 1.57. The highest BCUT2D eigenvalue weighted by molar-refractivity contribution is 7.15. The van der Waals surface area contributed by atoms with Gasteiger partial charge in [-0.1, -0.05) is 32.1 Å². The predicted molar refractivity (Wildman–Crippen MR) is 81.1 cm³/mol. The van der Waals surface area contributed by atoms with E-state index in [2.05, 4.69) is 15.5 Å². The van der Waals surface area contributed by atoms with Crippen LogP contribution in [0.25, 0.3) is 0 Å². The minimum absolute atomic E-state index is 0.0719. The van der Waals surface area contributed by atoms with E-state index in [-0.39, 0.29) is 23.3 Å². The Bertz CT molecular complexity index is 559. The Morgan fingerprint density at radius 2 is 2.29 bits per heavy atom. The van der Waals surface area contributed by atoms with Crippen molar-refractivity contribution in [1.82, 2.24) is 10.2 Å². The fraction of sp³-hybridized carbons (Fsp3) is 0.786. The van der Waals surface area contributed by atoms with Crippen molar-refractivity contribution in [3.63, 3.8) is 0 Å². The Morgan fingerprint density at radius 3 is 2.95 bits per heavy atom. The summed E-state index contributed by atoms with van der Waals surface area (Å²) in [5, 5.41) is 12.3. The van der Waals surface area contributed by atoms with Crippen molar-refractivity contribution in [2.75, 3.05) is 11.9 Å². The van der Waals surface area contributed by atoms with Gasteiger partial charge in [-0.25, -0.2) is 0 Å². The van der Waals surface area contributed by atoms with Crippen molar-refractivity contribution in [1.29, 1.82) is 0 Å². The van der Waals surface area contributed by atoms with Gasteiger partial charge in [0.15, 0.2) is 0 Å². The molecule has 1 aliphatic heterocycles. The molecular weight excluding hydrogens is 288 g/mol. The molecule has 0 aromatic carbocycles. The number of hydrogen-bond acceptors (Lipinski definition) is 6. The third kappa shape index (κ3) is 2.02. The van der Waals surface area contributed by atoms with Gasteiger partial charge in [-0.3, -0.25) is 10.1 Å². The third-order valence-electron chi connectivity index (χ3n) is 5.05. The van der Waals surface area contributed by atoms with Crippen molar-refractivity contribution in [2.45, 2.75) is 51.7 Å². The van der Waals surface area contributed by atoms with Crippen LogP contribution < -0.4 is 11.1 Å². The lowest BCUT2D eigenvalue weighted by Crippen LogP contribution is -2.81. The van der Waals surface area contributed by atoms with Crippen LogP contribution in [0.2, 0.25) is 0 Å². The van der Waals surface area contributed by atoms with Crippen LogP contribution in [-0.4, -0.2) is 34.4 Å². The Balaban J connectivity index is 1.79. The number of ether oxygens (including phenoxy) is 1. The van der Waals surface area contributed by atoms with Crippen LogP contribution in [0.1, 0.15) is 38.6 Å². The standard InChI is InChI=1S/C14H22N4O2S/c1-4-9-17-18-12(21-9)16-11(19)14(15)8-6-5-7-20-10(8)13(14,2)3/h8,10H,4-7,15H2,1-3H3,(H,16,18,19). The maximum Gasteiger partial charge on any atom is 0.247 e.